The number of hydrogen-bond acceptors (Lipinski definition) is 4. The van der Waals surface area contributed by atoms with Crippen molar-refractivity contribution in [3.63, 3.8) is 0 Å². The summed E-state index contributed by atoms with van der Waals surface area (Å²) in [6.07, 6.45) is 7.96. The van der Waals surface area contributed by atoms with E-state index in [1.165, 1.54) is 54.7 Å². The molecule has 0 heterocycles. The Kier molecular flexibility index (Phi) is 11.8. The van der Waals surface area contributed by atoms with Crippen LogP contribution >= 0.6 is 22.6 Å². The highest BCUT2D eigenvalue weighted by molar-refractivity contribution is 14.1. The molecule has 2 atom stereocenters. The van der Waals surface area contributed by atoms with Crippen molar-refractivity contribution in [3.8, 4) is 0 Å². The number of unbranched alkanes of at least 4 members (excludes halogenated alkanes) is 7. The first-order valence-electron chi connectivity index (χ1n) is 7.45. The maximum atomic E-state index is 11.6. The Balaban J connectivity index is 3.58. The molecule has 1 amide bonds. The summed E-state index contributed by atoms with van der Waals surface area (Å²) < 4.78 is -1.97. The van der Waals surface area contributed by atoms with Crippen molar-refractivity contribution in [2.45, 2.75) is 68.0 Å². The van der Waals surface area contributed by atoms with Gasteiger partial charge in [0.1, 0.15) is 6.10 Å². The lowest BCUT2D eigenvalue weighted by atomic mass is 10.1. The number of rotatable bonds is 12. The third-order valence-corrected chi connectivity index (χ3v) is 4.46. The molecule has 4 N–H and O–H groups in total. The van der Waals surface area contributed by atoms with Crippen molar-refractivity contribution >= 4 is 28.5 Å². The molecule has 0 aliphatic carbocycles. The quantitative estimate of drug-likeness (QED) is 0.228. The molecule has 0 saturated heterocycles. The van der Waals surface area contributed by atoms with Crippen molar-refractivity contribution in [2.75, 3.05) is 13.2 Å². The van der Waals surface area contributed by atoms with Crippen LogP contribution in [0.5, 0.6) is 0 Å². The smallest absolute Gasteiger partial charge is 0.265 e. The second-order valence-electron chi connectivity index (χ2n) is 5.10. The monoisotopic (exact) mass is 401 g/mol. The number of alkyl halides is 1. The zero-order chi connectivity index (χ0) is 15.4. The van der Waals surface area contributed by atoms with Crippen LogP contribution in [0.2, 0.25) is 0 Å². The zero-order valence-electron chi connectivity index (χ0n) is 12.3. The van der Waals surface area contributed by atoms with Gasteiger partial charge in [0.2, 0.25) is 3.61 Å². The van der Waals surface area contributed by atoms with Gasteiger partial charge in [0.15, 0.2) is 0 Å². The number of nitrogens with one attached hydrogen (secondary N) is 1. The number of aliphatic hydroxyl groups is 3. The Hall–Kier alpha value is 0.0800. The van der Waals surface area contributed by atoms with Gasteiger partial charge < -0.3 is 20.6 Å². The summed E-state index contributed by atoms with van der Waals surface area (Å²) in [5.74, 6) is -0.650. The van der Waals surface area contributed by atoms with E-state index in [9.17, 15) is 15.0 Å². The summed E-state index contributed by atoms with van der Waals surface area (Å²) in [4.78, 5) is 11.6. The molecule has 0 bridgehead atoms. The Bertz CT molecular complexity index is 262. The van der Waals surface area contributed by atoms with Gasteiger partial charge in [-0.05, 0) is 29.0 Å². The van der Waals surface area contributed by atoms with E-state index in [-0.39, 0.29) is 0 Å². The summed E-state index contributed by atoms with van der Waals surface area (Å²) in [5, 5.41) is 30.4. The minimum atomic E-state index is -1.97. The fourth-order valence-corrected chi connectivity index (χ4v) is 2.24. The van der Waals surface area contributed by atoms with Gasteiger partial charge >= 0.3 is 0 Å². The summed E-state index contributed by atoms with van der Waals surface area (Å²) in [6, 6.07) is 0. The topological polar surface area (TPSA) is 89.8 Å². The highest BCUT2D eigenvalue weighted by Gasteiger charge is 2.39. The van der Waals surface area contributed by atoms with E-state index in [0.717, 1.165) is 19.3 Å². The Morgan fingerprint density at radius 3 is 2.15 bits per heavy atom. The lowest BCUT2D eigenvalue weighted by Gasteiger charge is -2.24. The summed E-state index contributed by atoms with van der Waals surface area (Å²) >= 11 is 1.45. The number of carbonyl (C=O) groups excluding carboxylic acids is 1. The third kappa shape index (κ3) is 8.39. The zero-order valence-corrected chi connectivity index (χ0v) is 14.4. The molecule has 0 fully saturated rings. The number of amides is 1. The Morgan fingerprint density at radius 2 is 1.65 bits per heavy atom. The lowest BCUT2D eigenvalue weighted by molar-refractivity contribution is -0.138. The fourth-order valence-electron chi connectivity index (χ4n) is 1.86. The lowest BCUT2D eigenvalue weighted by Crippen LogP contribution is -2.51. The minimum absolute atomic E-state index is 0.483. The molecule has 0 aliphatic heterocycles. The summed E-state index contributed by atoms with van der Waals surface area (Å²) in [5.41, 5.74) is 0. The van der Waals surface area contributed by atoms with Crippen LogP contribution in [0.3, 0.4) is 0 Å². The first kappa shape index (κ1) is 20.1. The van der Waals surface area contributed by atoms with Crippen molar-refractivity contribution in [1.29, 1.82) is 0 Å². The standard InChI is InChI=1S/C14H28INO4/c1-2-3-4-5-6-7-8-9-10-16-13(19)14(15,20)12(18)11-17/h12,17-18,20H,2-11H2,1H3,(H,16,19). The second kappa shape index (κ2) is 11.7. The van der Waals surface area contributed by atoms with Crippen molar-refractivity contribution in [3.05, 3.63) is 0 Å². The van der Waals surface area contributed by atoms with Crippen molar-refractivity contribution in [1.82, 2.24) is 5.32 Å². The van der Waals surface area contributed by atoms with E-state index in [0.29, 0.717) is 6.54 Å². The van der Waals surface area contributed by atoms with Gasteiger partial charge in [0.25, 0.3) is 5.91 Å². The molecule has 0 aromatic carbocycles. The van der Waals surface area contributed by atoms with Gasteiger partial charge in [-0.25, -0.2) is 0 Å². The van der Waals surface area contributed by atoms with Crippen LogP contribution < -0.4 is 5.32 Å². The minimum Gasteiger partial charge on any atom is -0.394 e. The van der Waals surface area contributed by atoms with Crippen molar-refractivity contribution in [2.24, 2.45) is 0 Å². The molecule has 20 heavy (non-hydrogen) atoms. The molecule has 0 aromatic rings. The predicted octanol–water partition coefficient (Wildman–Crippen LogP) is 1.72. The SMILES string of the molecule is CCCCCCCCCCNC(=O)C(O)(I)C(O)CO. The van der Waals surface area contributed by atoms with E-state index < -0.39 is 22.2 Å². The molecule has 0 rings (SSSR count). The number of aliphatic hydroxyl groups excluding tert-OH is 2. The van der Waals surface area contributed by atoms with Gasteiger partial charge in [-0.1, -0.05) is 51.9 Å². The molecule has 0 aliphatic rings. The van der Waals surface area contributed by atoms with E-state index in [1.807, 2.05) is 0 Å². The average molecular weight is 401 g/mol. The Morgan fingerprint density at radius 1 is 1.15 bits per heavy atom. The molecule has 0 saturated carbocycles. The molecule has 5 nitrogen and oxygen atoms in total. The number of halogens is 1. The summed E-state index contributed by atoms with van der Waals surface area (Å²) in [6.45, 7) is 2.03. The molecule has 120 valence electrons. The predicted molar refractivity (Wildman–Crippen MR) is 87.7 cm³/mol. The molecule has 0 aromatic heterocycles. The van der Waals surface area contributed by atoms with Crippen LogP contribution in [0, 0.1) is 0 Å². The molecule has 0 radical (unpaired) electrons. The first-order valence-corrected chi connectivity index (χ1v) is 8.53. The second-order valence-corrected chi connectivity index (χ2v) is 6.75. The first-order chi connectivity index (χ1) is 9.46. The van der Waals surface area contributed by atoms with Crippen LogP contribution in [0.25, 0.3) is 0 Å². The van der Waals surface area contributed by atoms with Gasteiger partial charge in [-0.3, -0.25) is 4.79 Å². The highest BCUT2D eigenvalue weighted by Crippen LogP contribution is 2.20. The molecule has 2 unspecified atom stereocenters. The fraction of sp³-hybridized carbons (Fsp3) is 0.929. The largest absolute Gasteiger partial charge is 0.394 e. The van der Waals surface area contributed by atoms with Crippen LogP contribution in [0.1, 0.15) is 58.3 Å². The average Bonchev–Trinajstić information content (AvgIpc) is 2.44. The van der Waals surface area contributed by atoms with Crippen LogP contribution in [0.4, 0.5) is 0 Å². The van der Waals surface area contributed by atoms with Gasteiger partial charge in [0, 0.05) is 6.54 Å². The number of carbonyl (C=O) groups is 1. The van der Waals surface area contributed by atoms with Gasteiger partial charge in [-0.15, -0.1) is 0 Å². The van der Waals surface area contributed by atoms with E-state index >= 15 is 0 Å². The van der Waals surface area contributed by atoms with Crippen LogP contribution in [-0.4, -0.2) is 44.1 Å². The number of hydrogen-bond donors (Lipinski definition) is 4. The van der Waals surface area contributed by atoms with Gasteiger partial charge in [0.05, 0.1) is 6.61 Å². The van der Waals surface area contributed by atoms with E-state index in [4.69, 9.17) is 5.11 Å². The van der Waals surface area contributed by atoms with E-state index in [1.54, 1.807) is 0 Å². The van der Waals surface area contributed by atoms with Crippen LogP contribution in [0.15, 0.2) is 0 Å². The summed E-state index contributed by atoms with van der Waals surface area (Å²) in [7, 11) is 0. The third-order valence-electron chi connectivity index (χ3n) is 3.25. The van der Waals surface area contributed by atoms with Gasteiger partial charge in [-0.2, -0.15) is 0 Å². The van der Waals surface area contributed by atoms with E-state index in [2.05, 4.69) is 12.2 Å². The normalized spacial score (nSPS) is 15.7. The maximum absolute atomic E-state index is 11.6. The Labute approximate surface area is 135 Å². The molecular weight excluding hydrogens is 373 g/mol. The molecule has 6 heteroatoms. The van der Waals surface area contributed by atoms with Crippen LogP contribution in [-0.2, 0) is 4.79 Å². The highest BCUT2D eigenvalue weighted by atomic mass is 127. The van der Waals surface area contributed by atoms with Crippen molar-refractivity contribution < 1.29 is 20.1 Å². The molecule has 0 spiro atoms. The maximum Gasteiger partial charge on any atom is 0.265 e. The molecular formula is C14H28INO4.